The van der Waals surface area contributed by atoms with E-state index in [2.05, 4.69) is 15.5 Å². The van der Waals surface area contributed by atoms with Crippen molar-refractivity contribution in [2.24, 2.45) is 5.16 Å². The lowest BCUT2D eigenvalue weighted by Crippen LogP contribution is -2.03. The van der Waals surface area contributed by atoms with Crippen molar-refractivity contribution < 1.29 is 19.4 Å². The minimum absolute atomic E-state index is 0.187. The molecule has 3 rings (SSSR count). The summed E-state index contributed by atoms with van der Waals surface area (Å²) in [5, 5.41) is 20.2. The van der Waals surface area contributed by atoms with Gasteiger partial charge in [0, 0.05) is 5.56 Å². The van der Waals surface area contributed by atoms with Crippen LogP contribution in [0.2, 0.25) is 0 Å². The van der Waals surface area contributed by atoms with Crippen LogP contribution in [0.15, 0.2) is 53.8 Å². The fraction of sp³-hybridized carbons (Fsp3) is 0.211. The molecule has 0 radical (unpaired) electrons. The zero-order chi connectivity index (χ0) is 19.1. The molecule has 2 aromatic carbocycles. The molecular weight excluding hydrogens is 348 g/mol. The highest BCUT2D eigenvalue weighted by molar-refractivity contribution is 5.84. The Bertz CT molecular complexity index is 906. The average molecular weight is 368 g/mol. The topological polar surface area (TPSA) is 91.0 Å². The molecule has 0 saturated heterocycles. The smallest absolute Gasteiger partial charge is 0.170 e. The Morgan fingerprint density at radius 1 is 1.15 bits per heavy atom. The fourth-order valence-electron chi connectivity index (χ4n) is 2.49. The van der Waals surface area contributed by atoms with Crippen molar-refractivity contribution in [2.45, 2.75) is 13.5 Å². The first kappa shape index (κ1) is 18.2. The number of nitrogens with zero attached hydrogens (tertiary/aromatic N) is 4. The third-order valence-electron chi connectivity index (χ3n) is 3.75. The van der Waals surface area contributed by atoms with Gasteiger partial charge in [-0.05, 0) is 43.3 Å². The van der Waals surface area contributed by atoms with E-state index in [4.69, 9.17) is 19.4 Å². The number of oxime groups is 1. The van der Waals surface area contributed by atoms with Crippen LogP contribution < -0.4 is 14.2 Å². The minimum atomic E-state index is 0.187. The van der Waals surface area contributed by atoms with Crippen LogP contribution >= 0.6 is 0 Å². The summed E-state index contributed by atoms with van der Waals surface area (Å²) in [6.07, 6.45) is 3.08. The lowest BCUT2D eigenvalue weighted by molar-refractivity contribution is 0.265. The second-order valence-electron chi connectivity index (χ2n) is 5.49. The van der Waals surface area contributed by atoms with E-state index in [9.17, 15) is 0 Å². The predicted octanol–water partition coefficient (Wildman–Crippen LogP) is 3.06. The Balaban J connectivity index is 1.76. The molecule has 0 aliphatic heterocycles. The van der Waals surface area contributed by atoms with Gasteiger partial charge >= 0.3 is 0 Å². The number of methoxy groups -OCH3 is 1. The van der Waals surface area contributed by atoms with E-state index in [0.717, 1.165) is 11.4 Å². The molecule has 0 saturated carbocycles. The van der Waals surface area contributed by atoms with Gasteiger partial charge in [-0.2, -0.15) is 0 Å². The highest BCUT2D eigenvalue weighted by Crippen LogP contribution is 2.31. The third-order valence-corrected chi connectivity index (χ3v) is 3.75. The summed E-state index contributed by atoms with van der Waals surface area (Å²) in [5.74, 6) is 1.82. The van der Waals surface area contributed by atoms with Crippen molar-refractivity contribution in [3.05, 3.63) is 59.9 Å². The molecule has 0 fully saturated rings. The van der Waals surface area contributed by atoms with Crippen molar-refractivity contribution in [1.82, 2.24) is 15.0 Å². The molecule has 0 aliphatic rings. The number of ether oxygens (including phenoxy) is 3. The monoisotopic (exact) mass is 368 g/mol. The van der Waals surface area contributed by atoms with Crippen LogP contribution in [-0.4, -0.2) is 40.1 Å². The first-order valence-corrected chi connectivity index (χ1v) is 8.36. The summed E-state index contributed by atoms with van der Waals surface area (Å²) in [5.41, 5.74) is 2.10. The van der Waals surface area contributed by atoms with Crippen molar-refractivity contribution in [3.8, 4) is 22.9 Å². The normalized spacial score (nSPS) is 10.9. The molecule has 0 atom stereocenters. The number of hydrogen-bond donors (Lipinski definition) is 1. The van der Waals surface area contributed by atoms with Crippen LogP contribution in [0.5, 0.6) is 17.2 Å². The average Bonchev–Trinajstić information content (AvgIpc) is 3.17. The fourth-order valence-corrected chi connectivity index (χ4v) is 2.49. The zero-order valence-electron chi connectivity index (χ0n) is 15.1. The molecule has 1 aromatic heterocycles. The van der Waals surface area contributed by atoms with E-state index >= 15 is 0 Å². The van der Waals surface area contributed by atoms with Crippen molar-refractivity contribution in [1.29, 1.82) is 0 Å². The molecule has 8 nitrogen and oxygen atoms in total. The Morgan fingerprint density at radius 2 is 1.96 bits per heavy atom. The highest BCUT2D eigenvalue weighted by atomic mass is 16.5. The number of benzene rings is 2. The van der Waals surface area contributed by atoms with Gasteiger partial charge in [-0.15, -0.1) is 5.10 Å². The van der Waals surface area contributed by atoms with Crippen LogP contribution in [0.25, 0.3) is 5.69 Å². The van der Waals surface area contributed by atoms with Gasteiger partial charge in [0.1, 0.15) is 18.1 Å². The van der Waals surface area contributed by atoms with E-state index in [1.54, 1.807) is 36.2 Å². The largest absolute Gasteiger partial charge is 0.497 e. The molecule has 0 aliphatic carbocycles. The van der Waals surface area contributed by atoms with E-state index in [1.807, 2.05) is 31.2 Å². The lowest BCUT2D eigenvalue weighted by Gasteiger charge is -2.13. The standard InChI is InChI=1S/C19H20N4O4/c1-3-26-18-6-4-5-14(11-20-24)19(18)27-13-15-12-23(22-21-15)16-7-9-17(25-2)10-8-16/h4-12,24H,3,13H2,1-2H3/b20-11+. The molecule has 1 N–H and O–H groups in total. The Morgan fingerprint density at radius 3 is 2.67 bits per heavy atom. The summed E-state index contributed by atoms with van der Waals surface area (Å²) < 4.78 is 18.3. The van der Waals surface area contributed by atoms with Gasteiger partial charge in [-0.1, -0.05) is 16.4 Å². The predicted molar refractivity (Wildman–Crippen MR) is 99.2 cm³/mol. The molecule has 0 spiro atoms. The number of rotatable bonds is 8. The van der Waals surface area contributed by atoms with Gasteiger partial charge < -0.3 is 19.4 Å². The molecule has 8 heteroatoms. The second kappa shape index (κ2) is 8.70. The van der Waals surface area contributed by atoms with Crippen molar-refractivity contribution in [3.63, 3.8) is 0 Å². The lowest BCUT2D eigenvalue weighted by atomic mass is 10.2. The maximum absolute atomic E-state index is 8.86. The summed E-state index contributed by atoms with van der Waals surface area (Å²) >= 11 is 0. The van der Waals surface area contributed by atoms with Crippen molar-refractivity contribution >= 4 is 6.21 Å². The first-order valence-electron chi connectivity index (χ1n) is 8.36. The maximum Gasteiger partial charge on any atom is 0.170 e. The molecule has 3 aromatic rings. The number of aromatic nitrogens is 3. The van der Waals surface area contributed by atoms with Crippen LogP contribution in [-0.2, 0) is 6.61 Å². The molecule has 140 valence electrons. The number of hydrogen-bond acceptors (Lipinski definition) is 7. The minimum Gasteiger partial charge on any atom is -0.497 e. The summed E-state index contributed by atoms with van der Waals surface area (Å²) in [6, 6.07) is 12.8. The molecule has 0 unspecified atom stereocenters. The van der Waals surface area contributed by atoms with Crippen LogP contribution in [0.1, 0.15) is 18.2 Å². The van der Waals surface area contributed by atoms with Gasteiger partial charge in [0.15, 0.2) is 11.5 Å². The van der Waals surface area contributed by atoms with Crippen LogP contribution in [0.4, 0.5) is 0 Å². The summed E-state index contributed by atoms with van der Waals surface area (Å²) in [6.45, 7) is 2.56. The van der Waals surface area contributed by atoms with Gasteiger partial charge in [0.05, 0.1) is 31.8 Å². The van der Waals surface area contributed by atoms with E-state index < -0.39 is 0 Å². The van der Waals surface area contributed by atoms with Crippen LogP contribution in [0.3, 0.4) is 0 Å². The Labute approximate surface area is 156 Å². The highest BCUT2D eigenvalue weighted by Gasteiger charge is 2.12. The van der Waals surface area contributed by atoms with Gasteiger partial charge in [0.25, 0.3) is 0 Å². The summed E-state index contributed by atoms with van der Waals surface area (Å²) in [4.78, 5) is 0. The molecule has 1 heterocycles. The molecule has 27 heavy (non-hydrogen) atoms. The molecule has 0 bridgehead atoms. The zero-order valence-corrected chi connectivity index (χ0v) is 15.1. The Hall–Kier alpha value is -3.55. The van der Waals surface area contributed by atoms with Gasteiger partial charge in [-0.25, -0.2) is 4.68 Å². The Kier molecular flexibility index (Phi) is 5.88. The maximum atomic E-state index is 8.86. The van der Waals surface area contributed by atoms with E-state index in [0.29, 0.717) is 29.4 Å². The van der Waals surface area contributed by atoms with E-state index in [1.165, 1.54) is 6.21 Å². The first-order chi connectivity index (χ1) is 13.2. The molecule has 0 amide bonds. The SMILES string of the molecule is CCOc1cccc(/C=N/O)c1OCc1cn(-c2ccc(OC)cc2)nn1. The summed E-state index contributed by atoms with van der Waals surface area (Å²) in [7, 11) is 1.62. The van der Waals surface area contributed by atoms with Gasteiger partial charge in [-0.3, -0.25) is 0 Å². The second-order valence-corrected chi connectivity index (χ2v) is 5.49. The van der Waals surface area contributed by atoms with E-state index in [-0.39, 0.29) is 6.61 Å². The molecular formula is C19H20N4O4. The quantitative estimate of drug-likeness (QED) is 0.373. The van der Waals surface area contributed by atoms with Crippen molar-refractivity contribution in [2.75, 3.05) is 13.7 Å². The van der Waals surface area contributed by atoms with Crippen LogP contribution in [0, 0.1) is 0 Å². The third kappa shape index (κ3) is 4.35. The number of para-hydroxylation sites is 1. The van der Waals surface area contributed by atoms with Gasteiger partial charge in [0.2, 0.25) is 0 Å².